The highest BCUT2D eigenvalue weighted by atomic mass is 16.5. The van der Waals surface area contributed by atoms with E-state index in [2.05, 4.69) is 6.92 Å². The van der Waals surface area contributed by atoms with Crippen LogP contribution in [0.4, 0.5) is 0 Å². The van der Waals surface area contributed by atoms with E-state index in [1.54, 1.807) is 0 Å². The maximum absolute atomic E-state index is 9.40. The summed E-state index contributed by atoms with van der Waals surface area (Å²) in [5.41, 5.74) is 0. The largest absolute Gasteiger partial charge is 0.508 e. The van der Waals surface area contributed by atoms with Gasteiger partial charge >= 0.3 is 0 Å². The van der Waals surface area contributed by atoms with Gasteiger partial charge in [-0.2, -0.15) is 0 Å². The van der Waals surface area contributed by atoms with E-state index in [0.717, 1.165) is 12.8 Å². The van der Waals surface area contributed by atoms with Crippen LogP contribution in [0.15, 0.2) is 18.2 Å². The van der Waals surface area contributed by atoms with E-state index in [4.69, 9.17) is 4.74 Å². The molecule has 15 heavy (non-hydrogen) atoms. The second kappa shape index (κ2) is 6.17. The van der Waals surface area contributed by atoms with Crippen LogP contribution in [0.25, 0.3) is 0 Å². The Morgan fingerprint density at radius 2 is 1.93 bits per heavy atom. The Kier molecular flexibility index (Phi) is 4.81. The van der Waals surface area contributed by atoms with Crippen molar-refractivity contribution in [3.8, 4) is 17.2 Å². The van der Waals surface area contributed by atoms with E-state index in [-0.39, 0.29) is 11.5 Å². The normalized spacial score (nSPS) is 10.2. The van der Waals surface area contributed by atoms with Gasteiger partial charge in [0.25, 0.3) is 0 Å². The first-order valence-corrected chi connectivity index (χ1v) is 5.39. The van der Waals surface area contributed by atoms with E-state index < -0.39 is 0 Å². The molecule has 0 saturated heterocycles. The van der Waals surface area contributed by atoms with Crippen LogP contribution in [0.1, 0.15) is 32.6 Å². The lowest BCUT2D eigenvalue weighted by molar-refractivity contribution is 0.287. The second-order valence-electron chi connectivity index (χ2n) is 3.56. The average molecular weight is 210 g/mol. The molecular formula is C12H18O3. The predicted molar refractivity (Wildman–Crippen MR) is 59.4 cm³/mol. The quantitative estimate of drug-likeness (QED) is 0.560. The number of phenols is 2. The zero-order chi connectivity index (χ0) is 11.1. The van der Waals surface area contributed by atoms with E-state index >= 15 is 0 Å². The van der Waals surface area contributed by atoms with Crippen molar-refractivity contribution in [3.05, 3.63) is 18.2 Å². The molecule has 0 radical (unpaired) electrons. The summed E-state index contributed by atoms with van der Waals surface area (Å²) in [7, 11) is 0. The third-order valence-corrected chi connectivity index (χ3v) is 2.20. The SMILES string of the molecule is CCCCCCOc1cc(O)ccc1O. The lowest BCUT2D eigenvalue weighted by Crippen LogP contribution is -1.97. The van der Waals surface area contributed by atoms with Crippen molar-refractivity contribution in [1.29, 1.82) is 0 Å². The van der Waals surface area contributed by atoms with Gasteiger partial charge in [-0.3, -0.25) is 0 Å². The average Bonchev–Trinajstić information content (AvgIpc) is 2.23. The van der Waals surface area contributed by atoms with Gasteiger partial charge in [0.1, 0.15) is 5.75 Å². The highest BCUT2D eigenvalue weighted by molar-refractivity contribution is 5.43. The molecule has 3 nitrogen and oxygen atoms in total. The lowest BCUT2D eigenvalue weighted by atomic mass is 10.2. The highest BCUT2D eigenvalue weighted by Gasteiger charge is 2.02. The Labute approximate surface area is 90.3 Å². The molecule has 0 saturated carbocycles. The topological polar surface area (TPSA) is 49.7 Å². The maximum atomic E-state index is 9.40. The maximum Gasteiger partial charge on any atom is 0.164 e. The summed E-state index contributed by atoms with van der Waals surface area (Å²) < 4.78 is 5.35. The molecule has 1 aromatic rings. The fourth-order valence-electron chi connectivity index (χ4n) is 1.33. The summed E-state index contributed by atoms with van der Waals surface area (Å²) in [6.07, 6.45) is 4.51. The van der Waals surface area contributed by atoms with E-state index in [0.29, 0.717) is 12.4 Å². The molecule has 84 valence electrons. The molecule has 0 heterocycles. The van der Waals surface area contributed by atoms with Gasteiger partial charge in [0.2, 0.25) is 0 Å². The van der Waals surface area contributed by atoms with Crippen LogP contribution in [0, 0.1) is 0 Å². The van der Waals surface area contributed by atoms with Crippen LogP contribution < -0.4 is 4.74 Å². The number of hydrogen-bond donors (Lipinski definition) is 2. The molecule has 0 amide bonds. The minimum Gasteiger partial charge on any atom is -0.508 e. The number of unbranched alkanes of at least 4 members (excludes halogenated alkanes) is 3. The van der Waals surface area contributed by atoms with Crippen LogP contribution in [0.3, 0.4) is 0 Å². The molecule has 0 bridgehead atoms. The molecule has 3 heteroatoms. The zero-order valence-corrected chi connectivity index (χ0v) is 9.07. The van der Waals surface area contributed by atoms with Crippen LogP contribution in [0.5, 0.6) is 17.2 Å². The number of phenolic OH excluding ortho intramolecular Hbond substituents is 2. The number of rotatable bonds is 6. The van der Waals surface area contributed by atoms with Crippen molar-refractivity contribution in [3.63, 3.8) is 0 Å². The van der Waals surface area contributed by atoms with E-state index in [1.165, 1.54) is 31.0 Å². The van der Waals surface area contributed by atoms with Crippen LogP contribution >= 0.6 is 0 Å². The Morgan fingerprint density at radius 3 is 2.67 bits per heavy atom. The summed E-state index contributed by atoms with van der Waals surface area (Å²) in [5, 5.41) is 18.6. The molecule has 2 N–H and O–H groups in total. The number of ether oxygens (including phenoxy) is 1. The molecule has 0 fully saturated rings. The predicted octanol–water partition coefficient (Wildman–Crippen LogP) is 3.06. The van der Waals surface area contributed by atoms with Crippen molar-refractivity contribution >= 4 is 0 Å². The molecule has 0 spiro atoms. The zero-order valence-electron chi connectivity index (χ0n) is 9.07. The highest BCUT2D eigenvalue weighted by Crippen LogP contribution is 2.29. The minimum absolute atomic E-state index is 0.0725. The van der Waals surface area contributed by atoms with Gasteiger partial charge in [-0.05, 0) is 18.6 Å². The van der Waals surface area contributed by atoms with Gasteiger partial charge in [0.05, 0.1) is 6.61 Å². The molecule has 0 aromatic heterocycles. The van der Waals surface area contributed by atoms with Crippen molar-refractivity contribution in [2.24, 2.45) is 0 Å². The molecule has 0 aliphatic heterocycles. The van der Waals surface area contributed by atoms with Crippen molar-refractivity contribution < 1.29 is 14.9 Å². The van der Waals surface area contributed by atoms with Crippen LogP contribution in [-0.2, 0) is 0 Å². The Morgan fingerprint density at radius 1 is 1.13 bits per heavy atom. The minimum atomic E-state index is 0.0725. The molecule has 1 aromatic carbocycles. The molecule has 0 unspecified atom stereocenters. The second-order valence-corrected chi connectivity index (χ2v) is 3.56. The monoisotopic (exact) mass is 210 g/mol. The first-order chi connectivity index (χ1) is 7.24. The Bertz CT molecular complexity index is 297. The molecular weight excluding hydrogens is 192 g/mol. The third kappa shape index (κ3) is 4.11. The first-order valence-electron chi connectivity index (χ1n) is 5.39. The summed E-state index contributed by atoms with van der Waals surface area (Å²) in [5.74, 6) is 0.533. The van der Waals surface area contributed by atoms with Crippen molar-refractivity contribution in [2.75, 3.05) is 6.61 Å². The molecule has 0 aliphatic rings. The number of aromatic hydroxyl groups is 2. The van der Waals surface area contributed by atoms with E-state index in [9.17, 15) is 10.2 Å². The molecule has 0 aliphatic carbocycles. The Balaban J connectivity index is 2.33. The number of hydrogen-bond acceptors (Lipinski definition) is 3. The van der Waals surface area contributed by atoms with Gasteiger partial charge < -0.3 is 14.9 Å². The summed E-state index contributed by atoms with van der Waals surface area (Å²) >= 11 is 0. The smallest absolute Gasteiger partial charge is 0.164 e. The fourth-order valence-corrected chi connectivity index (χ4v) is 1.33. The van der Waals surface area contributed by atoms with Gasteiger partial charge in [-0.1, -0.05) is 26.2 Å². The van der Waals surface area contributed by atoms with Crippen molar-refractivity contribution in [2.45, 2.75) is 32.6 Å². The van der Waals surface area contributed by atoms with Crippen LogP contribution in [0.2, 0.25) is 0 Å². The van der Waals surface area contributed by atoms with E-state index in [1.807, 2.05) is 0 Å². The Hall–Kier alpha value is -1.38. The summed E-state index contributed by atoms with van der Waals surface area (Å²) in [6.45, 7) is 2.74. The summed E-state index contributed by atoms with van der Waals surface area (Å²) in [4.78, 5) is 0. The first kappa shape index (κ1) is 11.7. The standard InChI is InChI=1S/C12H18O3/c1-2-3-4-5-8-15-12-9-10(13)6-7-11(12)14/h6-7,9,13-14H,2-5,8H2,1H3. The summed E-state index contributed by atoms with van der Waals surface area (Å²) in [6, 6.07) is 4.28. The van der Waals surface area contributed by atoms with Gasteiger partial charge in [-0.25, -0.2) is 0 Å². The molecule has 1 rings (SSSR count). The van der Waals surface area contributed by atoms with Gasteiger partial charge in [0, 0.05) is 6.07 Å². The molecule has 0 atom stereocenters. The number of benzene rings is 1. The fraction of sp³-hybridized carbons (Fsp3) is 0.500. The van der Waals surface area contributed by atoms with Gasteiger partial charge in [0.15, 0.2) is 11.5 Å². The van der Waals surface area contributed by atoms with Crippen molar-refractivity contribution in [1.82, 2.24) is 0 Å². The lowest BCUT2D eigenvalue weighted by Gasteiger charge is -2.07. The third-order valence-electron chi connectivity index (χ3n) is 2.20. The van der Waals surface area contributed by atoms with Gasteiger partial charge in [-0.15, -0.1) is 0 Å². The van der Waals surface area contributed by atoms with Crippen LogP contribution in [-0.4, -0.2) is 16.8 Å².